The van der Waals surface area contributed by atoms with E-state index < -0.39 is 0 Å². The average molecular weight is 286 g/mol. The Morgan fingerprint density at radius 2 is 2.25 bits per heavy atom. The maximum Gasteiger partial charge on any atom is 0.220 e. The van der Waals surface area contributed by atoms with E-state index in [0.29, 0.717) is 13.0 Å². The number of nitrogens with one attached hydrogen (secondary N) is 1. The third-order valence-corrected chi connectivity index (χ3v) is 2.80. The highest BCUT2D eigenvalue weighted by Gasteiger charge is 2.03. The number of methoxy groups -OCH3 is 1. The topological polar surface area (TPSA) is 38.3 Å². The summed E-state index contributed by atoms with van der Waals surface area (Å²) in [5.74, 6) is 0.887. The Balaban J connectivity index is 2.55. The molecule has 0 unspecified atom stereocenters. The second kappa shape index (κ2) is 6.53. The number of halogens is 1. The van der Waals surface area contributed by atoms with E-state index in [-0.39, 0.29) is 5.91 Å². The van der Waals surface area contributed by atoms with Gasteiger partial charge in [-0.25, -0.2) is 0 Å². The standard InChI is InChI=1S/C12H16BrNO2/c1-3-4-12(15)14-8-9-5-6-11(16-2)10(13)7-9/h5-7H,3-4,8H2,1-2H3,(H,14,15). The predicted octanol–water partition coefficient (Wildman–Crippen LogP) is 2.87. The summed E-state index contributed by atoms with van der Waals surface area (Å²) in [6.07, 6.45) is 1.45. The summed E-state index contributed by atoms with van der Waals surface area (Å²) < 4.78 is 6.03. The summed E-state index contributed by atoms with van der Waals surface area (Å²) in [4.78, 5) is 11.3. The summed E-state index contributed by atoms with van der Waals surface area (Å²) >= 11 is 3.41. The van der Waals surface area contributed by atoms with Gasteiger partial charge in [0.1, 0.15) is 5.75 Å². The Labute approximate surface area is 104 Å². The van der Waals surface area contributed by atoms with Crippen LogP contribution in [0.2, 0.25) is 0 Å². The minimum atomic E-state index is 0.0921. The van der Waals surface area contributed by atoms with Gasteiger partial charge in [0.25, 0.3) is 0 Å². The van der Waals surface area contributed by atoms with Crippen molar-refractivity contribution in [3.63, 3.8) is 0 Å². The zero-order valence-corrected chi connectivity index (χ0v) is 11.1. The van der Waals surface area contributed by atoms with Gasteiger partial charge >= 0.3 is 0 Å². The fourth-order valence-corrected chi connectivity index (χ4v) is 1.92. The van der Waals surface area contributed by atoms with Crippen molar-refractivity contribution in [1.82, 2.24) is 5.32 Å². The summed E-state index contributed by atoms with van der Waals surface area (Å²) in [5, 5.41) is 2.86. The minimum absolute atomic E-state index is 0.0921. The van der Waals surface area contributed by atoms with Crippen LogP contribution in [-0.4, -0.2) is 13.0 Å². The zero-order valence-electron chi connectivity index (χ0n) is 9.55. The average Bonchev–Trinajstić information content (AvgIpc) is 2.27. The molecule has 0 aliphatic heterocycles. The van der Waals surface area contributed by atoms with E-state index in [0.717, 1.165) is 22.2 Å². The third kappa shape index (κ3) is 3.85. The zero-order chi connectivity index (χ0) is 12.0. The van der Waals surface area contributed by atoms with E-state index >= 15 is 0 Å². The van der Waals surface area contributed by atoms with Gasteiger partial charge in [0.05, 0.1) is 11.6 Å². The Hall–Kier alpha value is -1.03. The second-order valence-corrected chi connectivity index (χ2v) is 4.35. The van der Waals surface area contributed by atoms with E-state index in [4.69, 9.17) is 4.74 Å². The van der Waals surface area contributed by atoms with Gasteiger partial charge in [-0.05, 0) is 40.0 Å². The van der Waals surface area contributed by atoms with Gasteiger partial charge in [-0.1, -0.05) is 13.0 Å². The van der Waals surface area contributed by atoms with Crippen molar-refractivity contribution in [2.24, 2.45) is 0 Å². The van der Waals surface area contributed by atoms with Crippen molar-refractivity contribution in [1.29, 1.82) is 0 Å². The largest absolute Gasteiger partial charge is 0.496 e. The number of carbonyl (C=O) groups is 1. The smallest absolute Gasteiger partial charge is 0.220 e. The van der Waals surface area contributed by atoms with Crippen LogP contribution < -0.4 is 10.1 Å². The highest BCUT2D eigenvalue weighted by molar-refractivity contribution is 9.10. The maximum atomic E-state index is 11.3. The monoisotopic (exact) mass is 285 g/mol. The molecule has 3 nitrogen and oxygen atoms in total. The lowest BCUT2D eigenvalue weighted by Crippen LogP contribution is -2.22. The molecule has 0 aliphatic rings. The van der Waals surface area contributed by atoms with Gasteiger partial charge < -0.3 is 10.1 Å². The molecule has 1 aromatic carbocycles. The van der Waals surface area contributed by atoms with E-state index in [1.165, 1.54) is 0 Å². The molecular formula is C12H16BrNO2. The molecule has 0 aliphatic carbocycles. The first-order valence-electron chi connectivity index (χ1n) is 5.26. The fraction of sp³-hybridized carbons (Fsp3) is 0.417. The molecule has 16 heavy (non-hydrogen) atoms. The third-order valence-electron chi connectivity index (χ3n) is 2.18. The fourth-order valence-electron chi connectivity index (χ4n) is 1.34. The van der Waals surface area contributed by atoms with Crippen molar-refractivity contribution in [3.8, 4) is 5.75 Å². The van der Waals surface area contributed by atoms with Gasteiger partial charge in [-0.3, -0.25) is 4.79 Å². The van der Waals surface area contributed by atoms with E-state index in [1.54, 1.807) is 7.11 Å². The molecule has 0 radical (unpaired) electrons. The molecule has 0 saturated carbocycles. The first-order valence-corrected chi connectivity index (χ1v) is 6.05. The minimum Gasteiger partial charge on any atom is -0.496 e. The van der Waals surface area contributed by atoms with Crippen molar-refractivity contribution in [3.05, 3.63) is 28.2 Å². The summed E-state index contributed by atoms with van der Waals surface area (Å²) in [6.45, 7) is 2.55. The van der Waals surface area contributed by atoms with E-state index in [1.807, 2.05) is 25.1 Å². The molecule has 88 valence electrons. The number of benzene rings is 1. The molecule has 4 heteroatoms. The number of amides is 1. The molecule has 1 amide bonds. The Morgan fingerprint density at radius 1 is 1.50 bits per heavy atom. The molecule has 0 fully saturated rings. The quantitative estimate of drug-likeness (QED) is 0.904. The van der Waals surface area contributed by atoms with Crippen LogP contribution >= 0.6 is 15.9 Å². The predicted molar refractivity (Wildman–Crippen MR) is 67.4 cm³/mol. The normalized spacial score (nSPS) is 9.94. The van der Waals surface area contributed by atoms with Gasteiger partial charge in [-0.2, -0.15) is 0 Å². The lowest BCUT2D eigenvalue weighted by molar-refractivity contribution is -0.121. The van der Waals surface area contributed by atoms with Gasteiger partial charge in [-0.15, -0.1) is 0 Å². The molecular weight excluding hydrogens is 270 g/mol. The summed E-state index contributed by atoms with van der Waals surface area (Å²) in [5.41, 5.74) is 1.05. The number of hydrogen-bond donors (Lipinski definition) is 1. The van der Waals surface area contributed by atoms with Gasteiger partial charge in [0, 0.05) is 13.0 Å². The summed E-state index contributed by atoms with van der Waals surface area (Å²) in [7, 11) is 1.63. The van der Waals surface area contributed by atoms with Crippen LogP contribution in [0.15, 0.2) is 22.7 Å². The summed E-state index contributed by atoms with van der Waals surface area (Å²) in [6, 6.07) is 5.77. The van der Waals surface area contributed by atoms with Crippen molar-refractivity contribution < 1.29 is 9.53 Å². The van der Waals surface area contributed by atoms with Crippen LogP contribution in [0.4, 0.5) is 0 Å². The Kier molecular flexibility index (Phi) is 5.32. The van der Waals surface area contributed by atoms with Crippen molar-refractivity contribution in [2.45, 2.75) is 26.3 Å². The van der Waals surface area contributed by atoms with Crippen LogP contribution in [0.1, 0.15) is 25.3 Å². The molecule has 0 bridgehead atoms. The maximum absolute atomic E-state index is 11.3. The van der Waals surface area contributed by atoms with Crippen LogP contribution in [0.5, 0.6) is 5.75 Å². The lowest BCUT2D eigenvalue weighted by atomic mass is 10.2. The Bertz CT molecular complexity index is 366. The molecule has 1 N–H and O–H groups in total. The first kappa shape index (κ1) is 13.0. The van der Waals surface area contributed by atoms with E-state index in [2.05, 4.69) is 21.2 Å². The van der Waals surface area contributed by atoms with Crippen LogP contribution in [0, 0.1) is 0 Å². The second-order valence-electron chi connectivity index (χ2n) is 3.50. The molecule has 0 heterocycles. The van der Waals surface area contributed by atoms with Gasteiger partial charge in [0.2, 0.25) is 5.91 Å². The van der Waals surface area contributed by atoms with E-state index in [9.17, 15) is 4.79 Å². The SMILES string of the molecule is CCCC(=O)NCc1ccc(OC)c(Br)c1. The van der Waals surface area contributed by atoms with Crippen molar-refractivity contribution in [2.75, 3.05) is 7.11 Å². The number of hydrogen-bond acceptors (Lipinski definition) is 2. The van der Waals surface area contributed by atoms with Gasteiger partial charge in [0.15, 0.2) is 0 Å². The van der Waals surface area contributed by atoms with Crippen molar-refractivity contribution >= 4 is 21.8 Å². The molecule has 0 aromatic heterocycles. The molecule has 0 saturated heterocycles. The molecule has 0 spiro atoms. The number of rotatable bonds is 5. The Morgan fingerprint density at radius 3 is 2.81 bits per heavy atom. The first-order chi connectivity index (χ1) is 7.67. The molecule has 1 rings (SSSR count). The number of ether oxygens (including phenoxy) is 1. The highest BCUT2D eigenvalue weighted by Crippen LogP contribution is 2.25. The van der Waals surface area contributed by atoms with Crippen LogP contribution in [0.3, 0.4) is 0 Å². The molecule has 1 aromatic rings. The van der Waals surface area contributed by atoms with Crippen LogP contribution in [-0.2, 0) is 11.3 Å². The molecule has 0 atom stereocenters. The number of carbonyl (C=O) groups excluding carboxylic acids is 1. The van der Waals surface area contributed by atoms with Crippen LogP contribution in [0.25, 0.3) is 0 Å². The lowest BCUT2D eigenvalue weighted by Gasteiger charge is -2.07. The highest BCUT2D eigenvalue weighted by atomic mass is 79.9.